The molecule has 2 rings (SSSR count). The first kappa shape index (κ1) is 12.2. The highest BCUT2D eigenvalue weighted by molar-refractivity contribution is 5.62. The Labute approximate surface area is 104 Å². The Morgan fingerprint density at radius 1 is 1.24 bits per heavy atom. The third kappa shape index (κ3) is 2.68. The molecule has 1 fully saturated rings. The summed E-state index contributed by atoms with van der Waals surface area (Å²) in [5.74, 6) is 0. The summed E-state index contributed by atoms with van der Waals surface area (Å²) in [6, 6.07) is 10.4. The minimum atomic E-state index is -0.0914. The molecule has 0 saturated heterocycles. The minimum Gasteiger partial charge on any atom is -0.371 e. The van der Waals surface area contributed by atoms with E-state index < -0.39 is 0 Å². The lowest BCUT2D eigenvalue weighted by Crippen LogP contribution is -2.37. The van der Waals surface area contributed by atoms with Gasteiger partial charge in [-0.05, 0) is 31.9 Å². The Balaban J connectivity index is 2.12. The number of benzene rings is 1. The van der Waals surface area contributed by atoms with Gasteiger partial charge in [-0.15, -0.1) is 0 Å². The van der Waals surface area contributed by atoms with Gasteiger partial charge in [0.05, 0.1) is 0 Å². The van der Waals surface area contributed by atoms with Crippen molar-refractivity contribution < 1.29 is 4.79 Å². The van der Waals surface area contributed by atoms with Crippen molar-refractivity contribution in [1.82, 2.24) is 0 Å². The first-order chi connectivity index (χ1) is 8.29. The van der Waals surface area contributed by atoms with E-state index in [0.29, 0.717) is 0 Å². The van der Waals surface area contributed by atoms with Crippen LogP contribution in [0.4, 0.5) is 5.69 Å². The van der Waals surface area contributed by atoms with E-state index in [1.807, 2.05) is 6.07 Å². The van der Waals surface area contributed by atoms with Gasteiger partial charge in [-0.25, -0.2) is 0 Å². The average molecular weight is 231 g/mol. The van der Waals surface area contributed by atoms with Gasteiger partial charge in [-0.2, -0.15) is 0 Å². The van der Waals surface area contributed by atoms with E-state index in [1.54, 1.807) is 0 Å². The Morgan fingerprint density at radius 3 is 2.41 bits per heavy atom. The molecule has 0 aromatic heterocycles. The molecule has 0 radical (unpaired) electrons. The normalized spacial score (nSPS) is 17.9. The largest absolute Gasteiger partial charge is 0.371 e. The van der Waals surface area contributed by atoms with Gasteiger partial charge in [-0.3, -0.25) is 0 Å². The maximum atomic E-state index is 11.4. The Hall–Kier alpha value is -1.31. The molecule has 1 aromatic rings. The van der Waals surface area contributed by atoms with Crippen LogP contribution in [-0.4, -0.2) is 19.4 Å². The molecule has 0 bridgehead atoms. The average Bonchev–Trinajstić information content (AvgIpc) is 2.86. The number of hydrogen-bond acceptors (Lipinski definition) is 2. The van der Waals surface area contributed by atoms with Crippen molar-refractivity contribution in [3.8, 4) is 0 Å². The van der Waals surface area contributed by atoms with Gasteiger partial charge in [0.15, 0.2) is 0 Å². The quantitative estimate of drug-likeness (QED) is 0.725. The summed E-state index contributed by atoms with van der Waals surface area (Å²) >= 11 is 0. The molecule has 1 aliphatic carbocycles. The monoisotopic (exact) mass is 231 g/mol. The highest BCUT2D eigenvalue weighted by Crippen LogP contribution is 2.37. The smallest absolute Gasteiger partial charge is 0.127 e. The third-order valence-electron chi connectivity index (χ3n) is 3.86. The van der Waals surface area contributed by atoms with Crippen LogP contribution in [0, 0.1) is 5.41 Å². The van der Waals surface area contributed by atoms with E-state index in [1.165, 1.54) is 24.8 Å². The lowest BCUT2D eigenvalue weighted by Gasteiger charge is -2.32. The van der Waals surface area contributed by atoms with Crippen molar-refractivity contribution in [1.29, 1.82) is 0 Å². The molecule has 0 amide bonds. The fraction of sp³-hybridized carbons (Fsp3) is 0.533. The maximum absolute atomic E-state index is 11.4. The van der Waals surface area contributed by atoms with Gasteiger partial charge in [0.1, 0.15) is 6.29 Å². The van der Waals surface area contributed by atoms with Gasteiger partial charge in [0.2, 0.25) is 0 Å². The summed E-state index contributed by atoms with van der Waals surface area (Å²) in [7, 11) is 0. The third-order valence-corrected chi connectivity index (χ3v) is 3.86. The molecular weight excluding hydrogens is 210 g/mol. The fourth-order valence-corrected chi connectivity index (χ4v) is 2.80. The maximum Gasteiger partial charge on any atom is 0.127 e. The van der Waals surface area contributed by atoms with E-state index in [-0.39, 0.29) is 5.41 Å². The van der Waals surface area contributed by atoms with Crippen molar-refractivity contribution in [2.75, 3.05) is 18.0 Å². The highest BCUT2D eigenvalue weighted by atomic mass is 16.1. The fourth-order valence-electron chi connectivity index (χ4n) is 2.80. The van der Waals surface area contributed by atoms with Crippen LogP contribution in [-0.2, 0) is 4.79 Å². The molecule has 0 atom stereocenters. The second kappa shape index (κ2) is 5.35. The van der Waals surface area contributed by atoms with E-state index in [4.69, 9.17) is 0 Å². The molecule has 0 N–H and O–H groups in total. The van der Waals surface area contributed by atoms with Crippen LogP contribution in [0.5, 0.6) is 0 Å². The zero-order valence-corrected chi connectivity index (χ0v) is 10.6. The zero-order chi connectivity index (χ0) is 12.1. The lowest BCUT2D eigenvalue weighted by molar-refractivity contribution is -0.115. The molecule has 1 saturated carbocycles. The topological polar surface area (TPSA) is 20.3 Å². The second-order valence-corrected chi connectivity index (χ2v) is 5.04. The van der Waals surface area contributed by atoms with Crippen LogP contribution < -0.4 is 4.90 Å². The van der Waals surface area contributed by atoms with Crippen LogP contribution in [0.15, 0.2) is 30.3 Å². The van der Waals surface area contributed by atoms with Gasteiger partial charge in [0, 0.05) is 24.2 Å². The van der Waals surface area contributed by atoms with Crippen LogP contribution >= 0.6 is 0 Å². The number of para-hydroxylation sites is 1. The summed E-state index contributed by atoms with van der Waals surface area (Å²) in [6.07, 6.45) is 5.71. The first-order valence-corrected chi connectivity index (χ1v) is 6.56. The number of carbonyl (C=O) groups is 1. The standard InChI is InChI=1S/C15H21NO/c1-2-16(14-8-4-3-5-9-14)12-15(13-17)10-6-7-11-15/h3-5,8-9,13H,2,6-7,10-12H2,1H3. The zero-order valence-electron chi connectivity index (χ0n) is 10.6. The number of hydrogen-bond donors (Lipinski definition) is 0. The van der Waals surface area contributed by atoms with Gasteiger partial charge in [-0.1, -0.05) is 31.0 Å². The molecule has 0 unspecified atom stereocenters. The van der Waals surface area contributed by atoms with Crippen molar-refractivity contribution >= 4 is 12.0 Å². The summed E-state index contributed by atoms with van der Waals surface area (Å²) < 4.78 is 0. The highest BCUT2D eigenvalue weighted by Gasteiger charge is 2.35. The Kier molecular flexibility index (Phi) is 3.82. The van der Waals surface area contributed by atoms with Crippen molar-refractivity contribution in [2.24, 2.45) is 5.41 Å². The van der Waals surface area contributed by atoms with Crippen molar-refractivity contribution in [2.45, 2.75) is 32.6 Å². The predicted molar refractivity (Wildman–Crippen MR) is 71.3 cm³/mol. The first-order valence-electron chi connectivity index (χ1n) is 6.56. The second-order valence-electron chi connectivity index (χ2n) is 5.04. The van der Waals surface area contributed by atoms with E-state index in [2.05, 4.69) is 36.1 Å². The number of anilines is 1. The molecule has 2 heteroatoms. The summed E-state index contributed by atoms with van der Waals surface area (Å²) in [4.78, 5) is 13.7. The Morgan fingerprint density at radius 2 is 1.88 bits per heavy atom. The summed E-state index contributed by atoms with van der Waals surface area (Å²) in [5, 5.41) is 0. The van der Waals surface area contributed by atoms with Gasteiger partial charge >= 0.3 is 0 Å². The van der Waals surface area contributed by atoms with Gasteiger partial charge < -0.3 is 9.69 Å². The molecular formula is C15H21NO. The summed E-state index contributed by atoms with van der Waals surface area (Å²) in [6.45, 7) is 3.98. The molecule has 0 aliphatic heterocycles. The number of rotatable bonds is 5. The van der Waals surface area contributed by atoms with E-state index >= 15 is 0 Å². The molecule has 1 aliphatic rings. The molecule has 0 heterocycles. The number of aldehydes is 1. The predicted octanol–water partition coefficient (Wildman–Crippen LogP) is 3.27. The Bertz CT molecular complexity index is 354. The van der Waals surface area contributed by atoms with Crippen molar-refractivity contribution in [3.05, 3.63) is 30.3 Å². The van der Waals surface area contributed by atoms with E-state index in [9.17, 15) is 4.79 Å². The van der Waals surface area contributed by atoms with Crippen LogP contribution in [0.3, 0.4) is 0 Å². The number of nitrogens with zero attached hydrogens (tertiary/aromatic N) is 1. The van der Waals surface area contributed by atoms with Crippen LogP contribution in [0.1, 0.15) is 32.6 Å². The molecule has 92 valence electrons. The molecule has 0 spiro atoms. The minimum absolute atomic E-state index is 0.0914. The van der Waals surface area contributed by atoms with Crippen molar-refractivity contribution in [3.63, 3.8) is 0 Å². The molecule has 1 aromatic carbocycles. The van der Waals surface area contributed by atoms with Gasteiger partial charge in [0.25, 0.3) is 0 Å². The lowest BCUT2D eigenvalue weighted by atomic mass is 9.87. The van der Waals surface area contributed by atoms with Crippen LogP contribution in [0.25, 0.3) is 0 Å². The number of carbonyl (C=O) groups excluding carboxylic acids is 1. The SMILES string of the molecule is CCN(CC1(C=O)CCCC1)c1ccccc1. The van der Waals surface area contributed by atoms with Crippen LogP contribution in [0.2, 0.25) is 0 Å². The molecule has 2 nitrogen and oxygen atoms in total. The summed E-state index contributed by atoms with van der Waals surface area (Å²) in [5.41, 5.74) is 1.13. The molecule has 17 heavy (non-hydrogen) atoms. The van der Waals surface area contributed by atoms with E-state index in [0.717, 1.165) is 25.9 Å².